The highest BCUT2D eigenvalue weighted by Gasteiger charge is 2.52. The molecule has 1 heterocycles. The lowest BCUT2D eigenvalue weighted by Crippen LogP contribution is -2.33. The van der Waals surface area contributed by atoms with Crippen molar-refractivity contribution in [3.05, 3.63) is 268 Å². The van der Waals surface area contributed by atoms with Crippen molar-refractivity contribution in [3.63, 3.8) is 0 Å². The van der Waals surface area contributed by atoms with Crippen LogP contribution in [0.4, 0.5) is 17.1 Å². The molecular formula is C64H53NO. The summed E-state index contributed by atoms with van der Waals surface area (Å²) in [4.78, 5) is 2.45. The van der Waals surface area contributed by atoms with Gasteiger partial charge in [0.15, 0.2) is 0 Å². The predicted molar refractivity (Wildman–Crippen MR) is 273 cm³/mol. The molecule has 0 aromatic heterocycles. The van der Waals surface area contributed by atoms with Gasteiger partial charge < -0.3 is 9.64 Å². The minimum Gasteiger partial charge on any atom is -0.457 e. The minimum absolute atomic E-state index is 0.0526. The van der Waals surface area contributed by atoms with Crippen LogP contribution in [0.15, 0.2) is 212 Å². The van der Waals surface area contributed by atoms with Crippen LogP contribution >= 0.6 is 0 Å². The van der Waals surface area contributed by atoms with Gasteiger partial charge in [0.1, 0.15) is 11.5 Å². The van der Waals surface area contributed by atoms with Crippen LogP contribution in [-0.2, 0) is 21.7 Å². The predicted octanol–water partition coefficient (Wildman–Crippen LogP) is 16.6. The van der Waals surface area contributed by atoms with Crippen molar-refractivity contribution in [1.29, 1.82) is 0 Å². The highest BCUT2D eigenvalue weighted by Crippen LogP contribution is 2.64. The molecule has 3 aliphatic rings. The van der Waals surface area contributed by atoms with Crippen molar-refractivity contribution in [2.45, 2.75) is 63.2 Å². The molecular weight excluding hydrogens is 799 g/mol. The van der Waals surface area contributed by atoms with E-state index in [1.54, 1.807) is 0 Å². The minimum atomic E-state index is -0.648. The second kappa shape index (κ2) is 14.5. The first-order valence-electron chi connectivity index (χ1n) is 23.4. The zero-order valence-corrected chi connectivity index (χ0v) is 38.6. The van der Waals surface area contributed by atoms with Gasteiger partial charge in [0.05, 0.1) is 10.8 Å². The zero-order chi connectivity index (χ0) is 45.0. The topological polar surface area (TPSA) is 12.5 Å². The number of hydrogen-bond acceptors (Lipinski definition) is 2. The quantitative estimate of drug-likeness (QED) is 0.171. The zero-order valence-electron chi connectivity index (χ0n) is 38.6. The molecule has 2 nitrogen and oxygen atoms in total. The van der Waals surface area contributed by atoms with Crippen LogP contribution in [0.1, 0.15) is 97.2 Å². The smallest absolute Gasteiger partial charge is 0.132 e. The van der Waals surface area contributed by atoms with Gasteiger partial charge in [0.25, 0.3) is 0 Å². The first-order chi connectivity index (χ1) is 32.0. The van der Waals surface area contributed by atoms with Gasteiger partial charge in [-0.05, 0) is 126 Å². The summed E-state index contributed by atoms with van der Waals surface area (Å²) in [5.41, 5.74) is 19.7. The Morgan fingerprint density at radius 1 is 0.318 bits per heavy atom. The lowest BCUT2D eigenvalue weighted by molar-refractivity contribution is 0.436. The maximum Gasteiger partial charge on any atom is 0.132 e. The monoisotopic (exact) mass is 851 g/mol. The van der Waals surface area contributed by atoms with Crippen molar-refractivity contribution in [2.24, 2.45) is 0 Å². The molecule has 0 unspecified atom stereocenters. The van der Waals surface area contributed by atoms with Gasteiger partial charge in [0.2, 0.25) is 0 Å². The number of benzene rings is 9. The van der Waals surface area contributed by atoms with E-state index < -0.39 is 10.8 Å². The van der Waals surface area contributed by atoms with E-state index in [1.165, 1.54) is 72.3 Å². The Bertz CT molecular complexity index is 3250. The van der Waals surface area contributed by atoms with E-state index >= 15 is 0 Å². The molecule has 320 valence electrons. The Morgan fingerprint density at radius 2 is 0.742 bits per heavy atom. The maximum absolute atomic E-state index is 7.04. The number of nitrogens with zero attached hydrogens (tertiary/aromatic N) is 1. The number of para-hydroxylation sites is 2. The van der Waals surface area contributed by atoms with Crippen molar-refractivity contribution in [1.82, 2.24) is 0 Å². The molecule has 0 radical (unpaired) electrons. The Labute approximate surface area is 389 Å². The number of anilines is 3. The Kier molecular flexibility index (Phi) is 8.84. The summed E-state index contributed by atoms with van der Waals surface area (Å²) in [5, 5.41) is 0. The number of rotatable bonds is 5. The molecule has 66 heavy (non-hydrogen) atoms. The lowest BCUT2D eigenvalue weighted by atomic mass is 9.65. The Balaban J connectivity index is 1.14. The fourth-order valence-electron chi connectivity index (χ4n) is 11.6. The van der Waals surface area contributed by atoms with Crippen LogP contribution in [0.3, 0.4) is 0 Å². The number of ether oxygens (including phenoxy) is 1. The van der Waals surface area contributed by atoms with E-state index in [0.717, 1.165) is 34.1 Å². The van der Waals surface area contributed by atoms with Crippen molar-refractivity contribution in [2.75, 3.05) is 4.90 Å². The van der Waals surface area contributed by atoms with Crippen LogP contribution in [0.25, 0.3) is 22.3 Å². The van der Waals surface area contributed by atoms with E-state index in [0.29, 0.717) is 0 Å². The van der Waals surface area contributed by atoms with Crippen LogP contribution < -0.4 is 9.64 Å². The van der Waals surface area contributed by atoms with Crippen molar-refractivity contribution in [3.8, 4) is 33.8 Å². The summed E-state index contributed by atoms with van der Waals surface area (Å²) < 4.78 is 7.04. The summed E-state index contributed by atoms with van der Waals surface area (Å²) in [5.74, 6) is 1.78. The standard InChI is InChI=1S/C64H53NO/c1-61(2,3)44-30-34-50-51-35-31-45(62(4,5)6)39-56(51)64(55(50)38-44)54-28-18-19-29-59(54)66-60-37-33-48(41-58(60)64)65(46-24-14-9-15-25-46)47-32-36-52-49-26-16-17-27-53(49)63(57(52)40-47,42-20-10-7-11-21-42)43-22-12-8-13-23-43/h7-41H,1-6H3. The molecule has 12 rings (SSSR count). The molecule has 0 bridgehead atoms. The Hall–Kier alpha value is -7.42. The van der Waals surface area contributed by atoms with E-state index in [1.807, 2.05) is 0 Å². The molecule has 1 spiro atoms. The fraction of sp³-hybridized carbons (Fsp3) is 0.156. The first-order valence-corrected chi connectivity index (χ1v) is 23.4. The maximum atomic E-state index is 7.04. The van der Waals surface area contributed by atoms with E-state index in [9.17, 15) is 0 Å². The van der Waals surface area contributed by atoms with Gasteiger partial charge >= 0.3 is 0 Å². The van der Waals surface area contributed by atoms with Crippen molar-refractivity contribution >= 4 is 17.1 Å². The molecule has 2 heteroatoms. The van der Waals surface area contributed by atoms with Crippen LogP contribution in [0.5, 0.6) is 11.5 Å². The molecule has 9 aromatic carbocycles. The van der Waals surface area contributed by atoms with Crippen molar-refractivity contribution < 1.29 is 4.74 Å². The van der Waals surface area contributed by atoms with Gasteiger partial charge in [-0.1, -0.05) is 205 Å². The van der Waals surface area contributed by atoms with E-state index in [-0.39, 0.29) is 10.8 Å². The molecule has 0 amide bonds. The third-order valence-electron chi connectivity index (χ3n) is 14.7. The van der Waals surface area contributed by atoms with Crippen LogP contribution in [0, 0.1) is 0 Å². The summed E-state index contributed by atoms with van der Waals surface area (Å²) in [6.07, 6.45) is 0. The largest absolute Gasteiger partial charge is 0.457 e. The normalized spacial score (nSPS) is 14.6. The van der Waals surface area contributed by atoms with Gasteiger partial charge in [-0.2, -0.15) is 0 Å². The second-order valence-corrected chi connectivity index (χ2v) is 20.5. The van der Waals surface area contributed by atoms with Gasteiger partial charge in [-0.15, -0.1) is 0 Å². The highest BCUT2D eigenvalue weighted by molar-refractivity contribution is 5.92. The molecule has 9 aromatic rings. The molecule has 0 saturated heterocycles. The molecule has 1 aliphatic heterocycles. The first kappa shape index (κ1) is 40.1. The van der Waals surface area contributed by atoms with Gasteiger partial charge in [0, 0.05) is 28.2 Å². The number of hydrogen-bond donors (Lipinski definition) is 0. The molecule has 0 atom stereocenters. The average Bonchev–Trinajstić information content (AvgIpc) is 3.80. The van der Waals surface area contributed by atoms with Crippen LogP contribution in [0.2, 0.25) is 0 Å². The molecule has 0 saturated carbocycles. The summed E-state index contributed by atoms with van der Waals surface area (Å²) >= 11 is 0. The fourth-order valence-corrected chi connectivity index (χ4v) is 11.6. The number of fused-ring (bicyclic) bond motifs is 12. The van der Waals surface area contributed by atoms with Crippen LogP contribution in [-0.4, -0.2) is 0 Å². The lowest BCUT2D eigenvalue weighted by Gasteiger charge is -2.41. The molecule has 0 N–H and O–H groups in total. The Morgan fingerprint density at radius 3 is 1.32 bits per heavy atom. The average molecular weight is 852 g/mol. The summed E-state index contributed by atoms with van der Waals surface area (Å²) in [7, 11) is 0. The SMILES string of the molecule is CC(C)(C)c1ccc2c(c1)C1(c3ccccc3Oc3ccc(N(c4ccccc4)c4ccc5c(c4)C(c4ccccc4)(c4ccccc4)c4ccccc4-5)cc31)c1cc(C(C)(C)C)ccc1-2. The van der Waals surface area contributed by atoms with E-state index in [2.05, 4.69) is 259 Å². The third kappa shape index (κ3) is 5.73. The molecule has 2 aliphatic carbocycles. The molecule has 0 fully saturated rings. The summed E-state index contributed by atoms with van der Waals surface area (Å²) in [6.45, 7) is 13.9. The highest BCUT2D eigenvalue weighted by atomic mass is 16.5. The summed E-state index contributed by atoms with van der Waals surface area (Å²) in [6, 6.07) is 79.3. The third-order valence-corrected chi connectivity index (χ3v) is 14.7. The van der Waals surface area contributed by atoms with Gasteiger partial charge in [-0.25, -0.2) is 0 Å². The van der Waals surface area contributed by atoms with E-state index in [4.69, 9.17) is 4.74 Å². The van der Waals surface area contributed by atoms with Gasteiger partial charge in [-0.3, -0.25) is 0 Å². The second-order valence-electron chi connectivity index (χ2n) is 20.5.